The summed E-state index contributed by atoms with van der Waals surface area (Å²) in [7, 11) is 0. The van der Waals surface area contributed by atoms with Gasteiger partial charge in [0.15, 0.2) is 0 Å². The Morgan fingerprint density at radius 3 is 2.33 bits per heavy atom. The highest BCUT2D eigenvalue weighted by atomic mass is 32.1. The summed E-state index contributed by atoms with van der Waals surface area (Å²) in [5, 5.41) is 30.0. The smallest absolute Gasteiger partial charge is 0.346 e. The number of rotatable bonds is 6. The molecule has 11 heteroatoms. The lowest BCUT2D eigenvalue weighted by Crippen LogP contribution is -2.45. The predicted molar refractivity (Wildman–Crippen MR) is 108 cm³/mol. The Kier molecular flexibility index (Phi) is 5.16. The van der Waals surface area contributed by atoms with Gasteiger partial charge in [-0.05, 0) is 31.9 Å². The van der Waals surface area contributed by atoms with Gasteiger partial charge in [-0.25, -0.2) is 14.6 Å². The highest BCUT2D eigenvalue weighted by molar-refractivity contribution is 7.20. The highest BCUT2D eigenvalue weighted by Gasteiger charge is 2.35. The van der Waals surface area contributed by atoms with Gasteiger partial charge in [0.1, 0.15) is 21.1 Å². The van der Waals surface area contributed by atoms with Crippen molar-refractivity contribution in [1.82, 2.24) is 9.55 Å². The summed E-state index contributed by atoms with van der Waals surface area (Å²) >= 11 is 0.844. The summed E-state index contributed by atoms with van der Waals surface area (Å²) in [4.78, 5) is 51.5. The van der Waals surface area contributed by atoms with Gasteiger partial charge in [0.25, 0.3) is 11.2 Å². The Morgan fingerprint density at radius 2 is 1.83 bits per heavy atom. The van der Waals surface area contributed by atoms with E-state index in [1.165, 1.54) is 45.0 Å². The van der Waals surface area contributed by atoms with Crippen LogP contribution in [-0.2, 0) is 16.8 Å². The molecule has 0 aliphatic heterocycles. The molecule has 0 fully saturated rings. The minimum Gasteiger partial charge on any atom is -0.480 e. The summed E-state index contributed by atoms with van der Waals surface area (Å²) in [5.74, 6) is -2.34. The summed E-state index contributed by atoms with van der Waals surface area (Å²) in [6.07, 6.45) is 0.0270. The maximum absolute atomic E-state index is 13.3. The number of benzene rings is 1. The van der Waals surface area contributed by atoms with E-state index < -0.39 is 28.0 Å². The van der Waals surface area contributed by atoms with Gasteiger partial charge in [-0.2, -0.15) is 0 Å². The van der Waals surface area contributed by atoms with Crippen LogP contribution in [0.15, 0.2) is 29.1 Å². The topological polar surface area (TPSA) is 153 Å². The number of nitrogens with zero attached hydrogens (tertiary/aromatic N) is 3. The van der Waals surface area contributed by atoms with Crippen LogP contribution >= 0.6 is 11.3 Å². The van der Waals surface area contributed by atoms with E-state index >= 15 is 0 Å². The number of aromatic nitrogens is 2. The number of fused-ring (bicyclic) bond motifs is 1. The van der Waals surface area contributed by atoms with E-state index in [0.29, 0.717) is 5.56 Å². The molecule has 0 spiro atoms. The first-order valence-corrected chi connectivity index (χ1v) is 9.52. The third-order valence-corrected chi connectivity index (χ3v) is 5.99. The van der Waals surface area contributed by atoms with Crippen LogP contribution in [0.25, 0.3) is 10.2 Å². The van der Waals surface area contributed by atoms with Gasteiger partial charge in [-0.15, -0.1) is 11.3 Å². The average molecular weight is 431 g/mol. The quantitative estimate of drug-likeness (QED) is 0.446. The molecular weight excluding hydrogens is 414 g/mol. The second kappa shape index (κ2) is 7.34. The molecule has 0 aliphatic carbocycles. The van der Waals surface area contributed by atoms with Crippen LogP contribution in [0.1, 0.15) is 40.5 Å². The van der Waals surface area contributed by atoms with E-state index in [1.54, 1.807) is 0 Å². The van der Waals surface area contributed by atoms with Crippen molar-refractivity contribution in [2.24, 2.45) is 0 Å². The number of nitro groups is 1. The summed E-state index contributed by atoms with van der Waals surface area (Å²) in [6, 6.07) is 5.59. The fourth-order valence-corrected chi connectivity index (χ4v) is 4.17. The lowest BCUT2D eigenvalue weighted by Gasteiger charge is -2.25. The van der Waals surface area contributed by atoms with Crippen LogP contribution in [0.3, 0.4) is 0 Å². The van der Waals surface area contributed by atoms with Gasteiger partial charge < -0.3 is 10.2 Å². The summed E-state index contributed by atoms with van der Waals surface area (Å²) < 4.78 is 1.05. The number of aliphatic carboxylic acids is 1. The van der Waals surface area contributed by atoms with E-state index in [2.05, 4.69) is 4.98 Å². The second-order valence-electron chi connectivity index (χ2n) is 7.17. The molecule has 0 bridgehead atoms. The second-order valence-corrected chi connectivity index (χ2v) is 8.17. The average Bonchev–Trinajstić information content (AvgIpc) is 2.99. The lowest BCUT2D eigenvalue weighted by atomic mass is 10.0. The van der Waals surface area contributed by atoms with Crippen LogP contribution in [0, 0.1) is 17.0 Å². The van der Waals surface area contributed by atoms with E-state index in [0.717, 1.165) is 15.9 Å². The molecule has 2 aromatic heterocycles. The Hall–Kier alpha value is -3.60. The maximum Gasteiger partial charge on any atom is 0.346 e. The van der Waals surface area contributed by atoms with Crippen molar-refractivity contribution in [3.8, 4) is 0 Å². The molecule has 156 valence electrons. The zero-order chi connectivity index (χ0) is 22.4. The van der Waals surface area contributed by atoms with Gasteiger partial charge in [0.05, 0.1) is 10.3 Å². The molecule has 2 heterocycles. The Morgan fingerprint density at radius 1 is 1.23 bits per heavy atom. The first-order valence-electron chi connectivity index (χ1n) is 8.70. The van der Waals surface area contributed by atoms with Crippen molar-refractivity contribution in [1.29, 1.82) is 0 Å². The van der Waals surface area contributed by atoms with Gasteiger partial charge >= 0.3 is 11.9 Å². The molecule has 3 aromatic rings. The number of carboxylic acid groups (broad SMARTS) is 2. The predicted octanol–water partition coefficient (Wildman–Crippen LogP) is 2.78. The highest BCUT2D eigenvalue weighted by Crippen LogP contribution is 2.29. The van der Waals surface area contributed by atoms with Crippen LogP contribution in [-0.4, -0.2) is 36.6 Å². The molecule has 3 rings (SSSR count). The molecule has 0 radical (unpaired) electrons. The minimum atomic E-state index is -1.66. The summed E-state index contributed by atoms with van der Waals surface area (Å²) in [6.45, 7) is 4.19. The van der Waals surface area contributed by atoms with Crippen molar-refractivity contribution in [2.75, 3.05) is 0 Å². The van der Waals surface area contributed by atoms with E-state index in [-0.39, 0.29) is 38.6 Å². The number of aromatic carboxylic acids is 1. The number of carbonyl (C=O) groups is 2. The Labute approximate surface area is 173 Å². The van der Waals surface area contributed by atoms with Crippen LogP contribution < -0.4 is 5.56 Å². The largest absolute Gasteiger partial charge is 0.480 e. The Bertz CT molecular complexity index is 1260. The monoisotopic (exact) mass is 431 g/mol. The number of nitro benzene ring substituents is 1. The number of hydrogen-bond acceptors (Lipinski definition) is 7. The van der Waals surface area contributed by atoms with Crippen LogP contribution in [0.5, 0.6) is 0 Å². The fraction of sp³-hybridized carbons (Fsp3) is 0.263. The molecule has 10 nitrogen and oxygen atoms in total. The van der Waals surface area contributed by atoms with E-state index in [4.69, 9.17) is 0 Å². The minimum absolute atomic E-state index is 0.0270. The molecule has 0 aliphatic rings. The van der Waals surface area contributed by atoms with Gasteiger partial charge in [0.2, 0.25) is 0 Å². The zero-order valence-electron chi connectivity index (χ0n) is 16.2. The number of hydrogen-bond donors (Lipinski definition) is 2. The standard InChI is InChI=1S/C19H17N3O7S/c1-9-13-15(30-14(9)17(24)25)20-12(21(16(13)23)19(2,3)18(26)27)8-10-4-6-11(7-5-10)22(28)29/h4-7H,8H2,1-3H3,(H,24,25)(H,26,27). The molecule has 1 aromatic carbocycles. The molecular formula is C19H17N3O7S. The first kappa shape index (κ1) is 21.1. The van der Waals surface area contributed by atoms with Crippen LogP contribution in [0.2, 0.25) is 0 Å². The lowest BCUT2D eigenvalue weighted by molar-refractivity contribution is -0.384. The van der Waals surface area contributed by atoms with Gasteiger partial charge in [-0.1, -0.05) is 12.1 Å². The van der Waals surface area contributed by atoms with Crippen molar-refractivity contribution < 1.29 is 24.7 Å². The maximum atomic E-state index is 13.3. The van der Waals surface area contributed by atoms with E-state index in [9.17, 15) is 34.7 Å². The third kappa shape index (κ3) is 3.43. The molecule has 30 heavy (non-hydrogen) atoms. The number of thiophene rings is 1. The normalized spacial score (nSPS) is 11.6. The SMILES string of the molecule is Cc1c(C(=O)O)sc2nc(Cc3ccc([N+](=O)[O-])cc3)n(C(C)(C)C(=O)O)c(=O)c12. The molecule has 0 saturated carbocycles. The van der Waals surface area contributed by atoms with Crippen molar-refractivity contribution in [2.45, 2.75) is 32.7 Å². The zero-order valence-corrected chi connectivity index (χ0v) is 17.0. The third-order valence-electron chi connectivity index (χ3n) is 4.82. The van der Waals surface area contributed by atoms with Gasteiger partial charge in [0, 0.05) is 18.6 Å². The number of carboxylic acids is 2. The number of aryl methyl sites for hydroxylation is 1. The van der Waals surface area contributed by atoms with E-state index in [1.807, 2.05) is 0 Å². The van der Waals surface area contributed by atoms with Gasteiger partial charge in [-0.3, -0.25) is 19.5 Å². The summed E-state index contributed by atoms with van der Waals surface area (Å²) in [5.41, 5.74) is -1.60. The molecule has 0 amide bonds. The molecule has 0 saturated heterocycles. The Balaban J connectivity index is 2.28. The molecule has 2 N–H and O–H groups in total. The number of non-ortho nitro benzene ring substituents is 1. The van der Waals surface area contributed by atoms with Crippen molar-refractivity contribution in [3.63, 3.8) is 0 Å². The van der Waals surface area contributed by atoms with Crippen molar-refractivity contribution in [3.05, 3.63) is 66.6 Å². The fourth-order valence-electron chi connectivity index (χ4n) is 3.14. The molecule has 0 unspecified atom stereocenters. The molecule has 0 atom stereocenters. The first-order chi connectivity index (χ1) is 13.9. The van der Waals surface area contributed by atoms with Crippen molar-refractivity contribution >= 4 is 39.2 Å². The van der Waals surface area contributed by atoms with Crippen LogP contribution in [0.4, 0.5) is 5.69 Å².